The Morgan fingerprint density at radius 2 is 0.800 bits per heavy atom. The first kappa shape index (κ1) is 28.2. The standard InChI is InChI=1S/C45H29N5/c1-4-16-30(17-5-1)33-22-10-11-25-36(33)44-46-43(31-18-6-2-7-19-31)47-45(48-44)50-40-27-15-13-24-35(40)38-28-41-37(29-42(38)50)34-23-12-14-26-39(34)49(41)32-20-8-3-9-21-32/h1-29H. The Balaban J connectivity index is 1.30. The van der Waals surface area contributed by atoms with Crippen LogP contribution in [0.2, 0.25) is 0 Å². The predicted octanol–water partition coefficient (Wildman–Crippen LogP) is 11.1. The number of para-hydroxylation sites is 3. The SMILES string of the molecule is c1ccc(-c2nc(-c3ccccc3-c3ccccc3)nc(-n3c4ccccc4c4cc5c(cc43)c3ccccc3n5-c3ccccc3)n2)cc1. The highest BCUT2D eigenvalue weighted by atomic mass is 15.2. The number of hydrogen-bond acceptors (Lipinski definition) is 3. The lowest BCUT2D eigenvalue weighted by Gasteiger charge is -2.13. The fraction of sp³-hybridized carbons (Fsp3) is 0. The molecular formula is C45H29N5. The van der Waals surface area contributed by atoms with Crippen LogP contribution in [0.15, 0.2) is 176 Å². The van der Waals surface area contributed by atoms with Crippen molar-refractivity contribution in [3.63, 3.8) is 0 Å². The third kappa shape index (κ3) is 4.45. The normalized spacial score (nSPS) is 11.6. The van der Waals surface area contributed by atoms with Gasteiger partial charge in [0, 0.05) is 38.4 Å². The molecule has 0 spiro atoms. The van der Waals surface area contributed by atoms with Gasteiger partial charge in [0.2, 0.25) is 5.95 Å². The van der Waals surface area contributed by atoms with Gasteiger partial charge in [-0.25, -0.2) is 4.98 Å². The van der Waals surface area contributed by atoms with Crippen LogP contribution in [-0.4, -0.2) is 24.1 Å². The first-order chi connectivity index (χ1) is 24.8. The second-order valence-electron chi connectivity index (χ2n) is 12.5. The van der Waals surface area contributed by atoms with E-state index in [2.05, 4.69) is 155 Å². The minimum atomic E-state index is 0.578. The molecule has 234 valence electrons. The van der Waals surface area contributed by atoms with Crippen LogP contribution in [-0.2, 0) is 0 Å². The molecule has 3 heterocycles. The van der Waals surface area contributed by atoms with Crippen molar-refractivity contribution in [2.45, 2.75) is 0 Å². The monoisotopic (exact) mass is 639 g/mol. The molecule has 10 aromatic rings. The van der Waals surface area contributed by atoms with Crippen molar-refractivity contribution >= 4 is 43.6 Å². The van der Waals surface area contributed by atoms with Crippen molar-refractivity contribution in [1.29, 1.82) is 0 Å². The molecule has 0 aliphatic carbocycles. The van der Waals surface area contributed by atoms with Gasteiger partial charge in [-0.2, -0.15) is 9.97 Å². The third-order valence-corrected chi connectivity index (χ3v) is 9.59. The van der Waals surface area contributed by atoms with Gasteiger partial charge in [-0.05, 0) is 47.5 Å². The second kappa shape index (κ2) is 11.4. The van der Waals surface area contributed by atoms with E-state index in [9.17, 15) is 0 Å². The summed E-state index contributed by atoms with van der Waals surface area (Å²) in [4.78, 5) is 15.6. The van der Waals surface area contributed by atoms with Gasteiger partial charge in [-0.3, -0.25) is 4.57 Å². The predicted molar refractivity (Wildman–Crippen MR) is 205 cm³/mol. The second-order valence-corrected chi connectivity index (χ2v) is 12.5. The van der Waals surface area contributed by atoms with Crippen LogP contribution in [0.1, 0.15) is 0 Å². The number of aromatic nitrogens is 5. The maximum absolute atomic E-state index is 5.29. The van der Waals surface area contributed by atoms with E-state index < -0.39 is 0 Å². The van der Waals surface area contributed by atoms with Crippen molar-refractivity contribution in [3.8, 4) is 45.5 Å². The zero-order chi connectivity index (χ0) is 33.0. The molecule has 0 amide bonds. The molecule has 7 aromatic carbocycles. The summed E-state index contributed by atoms with van der Waals surface area (Å²) in [5.74, 6) is 1.83. The summed E-state index contributed by atoms with van der Waals surface area (Å²) in [6, 6.07) is 61.4. The quantitative estimate of drug-likeness (QED) is 0.188. The van der Waals surface area contributed by atoms with Crippen LogP contribution in [0.25, 0.3) is 89.2 Å². The van der Waals surface area contributed by atoms with Gasteiger partial charge in [0.25, 0.3) is 0 Å². The average Bonchev–Trinajstić information content (AvgIpc) is 3.70. The first-order valence-corrected chi connectivity index (χ1v) is 16.8. The molecule has 0 saturated heterocycles. The Bertz CT molecular complexity index is 2850. The Morgan fingerprint density at radius 3 is 1.46 bits per heavy atom. The molecule has 0 bridgehead atoms. The average molecular weight is 640 g/mol. The van der Waals surface area contributed by atoms with Gasteiger partial charge < -0.3 is 4.57 Å². The minimum absolute atomic E-state index is 0.578. The zero-order valence-electron chi connectivity index (χ0n) is 27.0. The third-order valence-electron chi connectivity index (χ3n) is 9.59. The Morgan fingerprint density at radius 1 is 0.320 bits per heavy atom. The van der Waals surface area contributed by atoms with Gasteiger partial charge in [0.1, 0.15) is 0 Å². The fourth-order valence-corrected chi connectivity index (χ4v) is 7.35. The van der Waals surface area contributed by atoms with Gasteiger partial charge in [-0.1, -0.05) is 140 Å². The molecule has 0 N–H and O–H groups in total. The van der Waals surface area contributed by atoms with Gasteiger partial charge >= 0.3 is 0 Å². The van der Waals surface area contributed by atoms with E-state index in [-0.39, 0.29) is 0 Å². The van der Waals surface area contributed by atoms with E-state index in [0.29, 0.717) is 17.6 Å². The van der Waals surface area contributed by atoms with E-state index in [4.69, 9.17) is 15.0 Å². The molecule has 0 fully saturated rings. The molecule has 0 aliphatic heterocycles. The van der Waals surface area contributed by atoms with Gasteiger partial charge in [0.05, 0.1) is 22.1 Å². The van der Waals surface area contributed by atoms with Crippen LogP contribution >= 0.6 is 0 Å². The van der Waals surface area contributed by atoms with E-state index in [1.165, 1.54) is 16.3 Å². The van der Waals surface area contributed by atoms with E-state index in [0.717, 1.165) is 55.3 Å². The van der Waals surface area contributed by atoms with Crippen LogP contribution in [0.4, 0.5) is 0 Å². The number of rotatable bonds is 5. The van der Waals surface area contributed by atoms with Crippen LogP contribution in [0, 0.1) is 0 Å². The number of fused-ring (bicyclic) bond motifs is 6. The molecule has 10 rings (SSSR count). The summed E-state index contributed by atoms with van der Waals surface area (Å²) in [5, 5.41) is 4.65. The van der Waals surface area contributed by atoms with Gasteiger partial charge in [0.15, 0.2) is 11.6 Å². The largest absolute Gasteiger partial charge is 0.309 e. The minimum Gasteiger partial charge on any atom is -0.309 e. The maximum atomic E-state index is 5.29. The van der Waals surface area contributed by atoms with E-state index in [1.807, 2.05) is 30.3 Å². The lowest BCUT2D eigenvalue weighted by atomic mass is 9.99. The molecule has 5 nitrogen and oxygen atoms in total. The van der Waals surface area contributed by atoms with E-state index in [1.54, 1.807) is 0 Å². The molecule has 5 heteroatoms. The highest BCUT2D eigenvalue weighted by molar-refractivity contribution is 6.18. The van der Waals surface area contributed by atoms with Crippen LogP contribution < -0.4 is 0 Å². The van der Waals surface area contributed by atoms with Gasteiger partial charge in [-0.15, -0.1) is 0 Å². The Labute approximate surface area is 288 Å². The van der Waals surface area contributed by atoms with Crippen molar-refractivity contribution in [3.05, 3.63) is 176 Å². The Hall–Kier alpha value is -6.85. The maximum Gasteiger partial charge on any atom is 0.238 e. The Kier molecular flexibility index (Phi) is 6.42. The van der Waals surface area contributed by atoms with Crippen molar-refractivity contribution < 1.29 is 0 Å². The molecule has 0 saturated carbocycles. The van der Waals surface area contributed by atoms with Crippen LogP contribution in [0.3, 0.4) is 0 Å². The smallest absolute Gasteiger partial charge is 0.238 e. The highest BCUT2D eigenvalue weighted by Gasteiger charge is 2.21. The van der Waals surface area contributed by atoms with Crippen molar-refractivity contribution in [2.75, 3.05) is 0 Å². The lowest BCUT2D eigenvalue weighted by molar-refractivity contribution is 0.954. The number of hydrogen-bond donors (Lipinski definition) is 0. The topological polar surface area (TPSA) is 48.5 Å². The summed E-state index contributed by atoms with van der Waals surface area (Å²) in [6.45, 7) is 0. The zero-order valence-corrected chi connectivity index (χ0v) is 27.0. The highest BCUT2D eigenvalue weighted by Crippen LogP contribution is 2.40. The molecule has 0 radical (unpaired) electrons. The first-order valence-electron chi connectivity index (χ1n) is 16.8. The summed E-state index contributed by atoms with van der Waals surface area (Å²) < 4.78 is 4.58. The van der Waals surface area contributed by atoms with Crippen molar-refractivity contribution in [2.24, 2.45) is 0 Å². The number of benzene rings is 7. The van der Waals surface area contributed by atoms with E-state index >= 15 is 0 Å². The summed E-state index contributed by atoms with van der Waals surface area (Å²) in [6.07, 6.45) is 0. The molecule has 0 atom stereocenters. The molecule has 50 heavy (non-hydrogen) atoms. The van der Waals surface area contributed by atoms with Crippen molar-refractivity contribution in [1.82, 2.24) is 24.1 Å². The molecule has 0 aliphatic rings. The van der Waals surface area contributed by atoms with Crippen LogP contribution in [0.5, 0.6) is 0 Å². The summed E-state index contributed by atoms with van der Waals surface area (Å²) >= 11 is 0. The molecule has 3 aromatic heterocycles. The molecule has 0 unspecified atom stereocenters. The molecular weight excluding hydrogens is 611 g/mol. The lowest BCUT2D eigenvalue weighted by Crippen LogP contribution is -2.06. The number of nitrogens with zero attached hydrogens (tertiary/aromatic N) is 5. The summed E-state index contributed by atoms with van der Waals surface area (Å²) in [5.41, 5.74) is 9.61. The fourth-order valence-electron chi connectivity index (χ4n) is 7.35. The summed E-state index contributed by atoms with van der Waals surface area (Å²) in [7, 11) is 0.